The Hall–Kier alpha value is -2.27. The molecule has 2 N–H and O–H groups in total. The van der Waals surface area contributed by atoms with E-state index in [9.17, 15) is 15.0 Å². The van der Waals surface area contributed by atoms with Gasteiger partial charge in [-0.05, 0) is 91.0 Å². The second kappa shape index (κ2) is 8.38. The van der Waals surface area contributed by atoms with Crippen molar-refractivity contribution in [2.24, 2.45) is 27.6 Å². The lowest BCUT2D eigenvalue weighted by molar-refractivity contribution is -0.173. The van der Waals surface area contributed by atoms with Gasteiger partial charge < -0.3 is 20.0 Å². The molecule has 1 aromatic carbocycles. The standard InChI is InChI=1S/C34H48N2O3/c1-22-23-8-9-26-32(4,24(23)20-25(37)28(22)38)13-15-34(6)27-21-31(3,29(39)36-18-16-35(7)17-19-36)11-10-30(27,2)12-14-33(26,34)5/h8-9,20,27,37-38H,1,10-19,21H2,2-7H3/t27-,30-,31-,32+,33-,34+/m1/s1. The van der Waals surface area contributed by atoms with Crippen molar-refractivity contribution in [3.8, 4) is 11.5 Å². The van der Waals surface area contributed by atoms with Gasteiger partial charge in [-0.15, -0.1) is 0 Å². The molecule has 212 valence electrons. The Bertz CT molecular complexity index is 1380. The zero-order valence-electron chi connectivity index (χ0n) is 25.0. The maximum absolute atomic E-state index is 14.1. The second-order valence-electron chi connectivity index (χ2n) is 15.1. The molecule has 0 bridgehead atoms. The molecule has 1 amide bonds. The van der Waals surface area contributed by atoms with E-state index < -0.39 is 0 Å². The van der Waals surface area contributed by atoms with Gasteiger partial charge >= 0.3 is 0 Å². The van der Waals surface area contributed by atoms with Crippen LogP contribution in [0.2, 0.25) is 0 Å². The average molecular weight is 533 g/mol. The number of likely N-dealkylation sites (N-methyl/N-ethyl adjacent to an activating group) is 1. The molecular weight excluding hydrogens is 484 g/mol. The minimum Gasteiger partial charge on any atom is -0.504 e. The third-order valence-corrected chi connectivity index (χ3v) is 13.0. The summed E-state index contributed by atoms with van der Waals surface area (Å²) in [7, 11) is 2.15. The van der Waals surface area contributed by atoms with Crippen LogP contribution in [-0.2, 0) is 10.2 Å². The number of amides is 1. The molecule has 1 heterocycles. The van der Waals surface area contributed by atoms with Crippen molar-refractivity contribution in [2.75, 3.05) is 33.2 Å². The fraction of sp³-hybridized carbons (Fsp3) is 0.676. The van der Waals surface area contributed by atoms with Gasteiger partial charge in [0, 0.05) is 42.2 Å². The van der Waals surface area contributed by atoms with Crippen LogP contribution in [0.4, 0.5) is 0 Å². The zero-order valence-corrected chi connectivity index (χ0v) is 25.0. The van der Waals surface area contributed by atoms with Crippen LogP contribution in [0.3, 0.4) is 0 Å². The van der Waals surface area contributed by atoms with Gasteiger partial charge in [-0.3, -0.25) is 4.79 Å². The summed E-state index contributed by atoms with van der Waals surface area (Å²) in [4.78, 5) is 18.5. The van der Waals surface area contributed by atoms with Crippen LogP contribution in [0.15, 0.2) is 17.7 Å². The molecule has 0 radical (unpaired) electrons. The number of fused-ring (bicyclic) bond motifs is 7. The summed E-state index contributed by atoms with van der Waals surface area (Å²) in [6.07, 6.45) is 12.0. The van der Waals surface area contributed by atoms with Gasteiger partial charge in [0.25, 0.3) is 0 Å². The highest BCUT2D eigenvalue weighted by Crippen LogP contribution is 2.74. The summed E-state index contributed by atoms with van der Waals surface area (Å²) in [5, 5.41) is 22.4. The molecule has 39 heavy (non-hydrogen) atoms. The lowest BCUT2D eigenvalue weighted by Crippen LogP contribution is -2.64. The molecular formula is C34H48N2O3. The van der Waals surface area contributed by atoms with Crippen molar-refractivity contribution in [3.63, 3.8) is 0 Å². The van der Waals surface area contributed by atoms with Crippen LogP contribution in [0.25, 0.3) is 12.7 Å². The van der Waals surface area contributed by atoms with Crippen LogP contribution in [0.5, 0.6) is 11.5 Å². The number of nitrogens with zero attached hydrogens (tertiary/aromatic N) is 2. The molecule has 0 spiro atoms. The second-order valence-corrected chi connectivity index (χ2v) is 15.1. The van der Waals surface area contributed by atoms with E-state index in [0.29, 0.717) is 17.0 Å². The average Bonchev–Trinajstić information content (AvgIpc) is 2.90. The predicted octanol–water partition coefficient (Wildman–Crippen LogP) is 4.67. The van der Waals surface area contributed by atoms with E-state index in [1.165, 1.54) is 12.0 Å². The third kappa shape index (κ3) is 3.50. The van der Waals surface area contributed by atoms with Gasteiger partial charge in [-0.25, -0.2) is 0 Å². The van der Waals surface area contributed by atoms with Crippen LogP contribution in [0, 0.1) is 27.6 Å². The Balaban J connectivity index is 1.40. The first-order valence-electron chi connectivity index (χ1n) is 15.1. The number of benzene rings is 1. The van der Waals surface area contributed by atoms with E-state index in [0.717, 1.165) is 75.5 Å². The summed E-state index contributed by atoms with van der Waals surface area (Å²) >= 11 is 0. The minimum absolute atomic E-state index is 0.0116. The van der Waals surface area contributed by atoms with E-state index in [-0.39, 0.29) is 38.6 Å². The van der Waals surface area contributed by atoms with Gasteiger partial charge in [0.05, 0.1) is 0 Å². The van der Waals surface area contributed by atoms with Crippen molar-refractivity contribution in [1.29, 1.82) is 0 Å². The Morgan fingerprint density at radius 3 is 2.28 bits per heavy atom. The summed E-state index contributed by atoms with van der Waals surface area (Å²) < 4.78 is 0. The lowest BCUT2D eigenvalue weighted by atomic mass is 9.34. The maximum atomic E-state index is 14.1. The van der Waals surface area contributed by atoms with Gasteiger partial charge in [-0.2, -0.15) is 0 Å². The number of piperazine rings is 1. The molecule has 0 aromatic heterocycles. The van der Waals surface area contributed by atoms with Crippen molar-refractivity contribution < 1.29 is 15.0 Å². The van der Waals surface area contributed by atoms with Gasteiger partial charge in [-0.1, -0.05) is 58.9 Å². The van der Waals surface area contributed by atoms with Gasteiger partial charge in [0.2, 0.25) is 5.91 Å². The molecule has 5 aliphatic rings. The molecule has 4 fully saturated rings. The topological polar surface area (TPSA) is 64.0 Å². The first-order valence-corrected chi connectivity index (χ1v) is 15.1. The summed E-state index contributed by atoms with van der Waals surface area (Å²) in [5.74, 6) is 0.668. The van der Waals surface area contributed by atoms with Crippen LogP contribution in [0.1, 0.15) is 85.1 Å². The Labute approximate surface area is 234 Å². The largest absolute Gasteiger partial charge is 0.504 e. The van der Waals surface area contributed by atoms with Gasteiger partial charge in [0.15, 0.2) is 11.5 Å². The Morgan fingerprint density at radius 1 is 0.923 bits per heavy atom. The smallest absolute Gasteiger partial charge is 0.228 e. The van der Waals surface area contributed by atoms with Crippen molar-refractivity contribution >= 4 is 18.6 Å². The molecule has 6 atom stereocenters. The highest BCUT2D eigenvalue weighted by Gasteiger charge is 2.67. The molecule has 1 aromatic rings. The first kappa shape index (κ1) is 26.9. The van der Waals surface area contributed by atoms with Crippen LogP contribution >= 0.6 is 0 Å². The van der Waals surface area contributed by atoms with Crippen molar-refractivity contribution in [1.82, 2.24) is 9.80 Å². The van der Waals surface area contributed by atoms with Crippen molar-refractivity contribution in [3.05, 3.63) is 33.7 Å². The number of phenols is 2. The molecule has 1 aliphatic heterocycles. The van der Waals surface area contributed by atoms with Crippen molar-refractivity contribution in [2.45, 2.75) is 85.0 Å². The third-order valence-electron chi connectivity index (χ3n) is 13.0. The fourth-order valence-corrected chi connectivity index (χ4v) is 9.95. The fourth-order valence-electron chi connectivity index (χ4n) is 9.95. The van der Waals surface area contributed by atoms with E-state index in [1.807, 2.05) is 0 Å². The number of carbonyl (C=O) groups excluding carboxylic acids is 1. The van der Waals surface area contributed by atoms with E-state index >= 15 is 0 Å². The van der Waals surface area contributed by atoms with E-state index in [2.05, 4.69) is 70.2 Å². The number of aromatic hydroxyl groups is 2. The molecule has 3 saturated carbocycles. The highest BCUT2D eigenvalue weighted by molar-refractivity contribution is 5.82. The number of phenolic OH excluding ortho intramolecular Hbond substituents is 2. The van der Waals surface area contributed by atoms with Crippen LogP contribution in [-0.4, -0.2) is 59.1 Å². The Kier molecular flexibility index (Phi) is 5.78. The zero-order chi connectivity index (χ0) is 28.2. The maximum Gasteiger partial charge on any atom is 0.228 e. The predicted molar refractivity (Wildman–Crippen MR) is 157 cm³/mol. The molecule has 6 rings (SSSR count). The quantitative estimate of drug-likeness (QED) is 0.516. The SMILES string of the molecule is C=c1c(O)c(O)cc2c1=CC=C1[C@@]2(C)CC[C@@]2(C)[C@@H]3C[C@](C)(C(=O)N4CCN(C)CC4)CC[C@]3(C)CC[C@]12C. The number of hydrogen-bond acceptors (Lipinski definition) is 4. The van der Waals surface area contributed by atoms with E-state index in [1.54, 1.807) is 6.07 Å². The molecule has 5 nitrogen and oxygen atoms in total. The lowest BCUT2D eigenvalue weighted by Gasteiger charge is -2.69. The molecule has 0 unspecified atom stereocenters. The molecule has 4 aliphatic carbocycles. The summed E-state index contributed by atoms with van der Waals surface area (Å²) in [6, 6.07) is 1.79. The normalized spacial score (nSPS) is 41.8. The number of rotatable bonds is 1. The Morgan fingerprint density at radius 2 is 1.59 bits per heavy atom. The summed E-state index contributed by atoms with van der Waals surface area (Å²) in [6.45, 7) is 19.9. The number of allylic oxidation sites excluding steroid dienone is 2. The number of hydrogen-bond donors (Lipinski definition) is 2. The first-order chi connectivity index (χ1) is 18.2. The monoisotopic (exact) mass is 532 g/mol. The minimum atomic E-state index is -0.298. The molecule has 1 saturated heterocycles. The number of carbonyl (C=O) groups is 1. The van der Waals surface area contributed by atoms with E-state index in [4.69, 9.17) is 0 Å². The van der Waals surface area contributed by atoms with Gasteiger partial charge in [0.1, 0.15) is 0 Å². The summed E-state index contributed by atoms with van der Waals surface area (Å²) in [5.41, 5.74) is 2.36. The molecule has 5 heteroatoms. The van der Waals surface area contributed by atoms with Crippen LogP contribution < -0.4 is 10.4 Å². The highest BCUT2D eigenvalue weighted by atomic mass is 16.3.